The van der Waals surface area contributed by atoms with E-state index in [1.54, 1.807) is 6.07 Å². The molecule has 0 unspecified atom stereocenters. The Hall–Kier alpha value is -0.570. The lowest BCUT2D eigenvalue weighted by Gasteiger charge is -2.17. The smallest absolute Gasteiger partial charge is 0.246 e. The van der Waals surface area contributed by atoms with Gasteiger partial charge in [0.25, 0.3) is 0 Å². The second-order valence-corrected chi connectivity index (χ2v) is 6.69. The molecule has 3 N–H and O–H groups in total. The van der Waals surface area contributed by atoms with Crippen LogP contribution in [0.25, 0.3) is 0 Å². The number of methoxy groups -OCH3 is 1. The molecular weight excluding hydrogens is 327 g/mol. The number of nitrogens with two attached hydrogens (primary N) is 1. The minimum absolute atomic E-state index is 0. The van der Waals surface area contributed by atoms with Crippen molar-refractivity contribution >= 4 is 34.0 Å². The summed E-state index contributed by atoms with van der Waals surface area (Å²) in [6, 6.07) is 3.78. The topological polar surface area (TPSA) is 92.9 Å². The van der Waals surface area contributed by atoms with Crippen molar-refractivity contribution in [3.05, 3.63) is 23.2 Å². The van der Waals surface area contributed by atoms with E-state index in [0.717, 1.165) is 4.31 Å². The molecule has 0 aromatic heterocycles. The minimum Gasteiger partial charge on any atom is -0.495 e. The van der Waals surface area contributed by atoms with E-state index in [0.29, 0.717) is 5.02 Å². The van der Waals surface area contributed by atoms with E-state index in [4.69, 9.17) is 22.1 Å². The van der Waals surface area contributed by atoms with Crippen LogP contribution in [0.5, 0.6) is 5.75 Å². The van der Waals surface area contributed by atoms with Gasteiger partial charge in [-0.15, -0.1) is 12.4 Å². The second-order valence-electron chi connectivity index (χ2n) is 4.35. The SMILES string of the molecule is COc1ccc(Cl)cc1S(=O)(=O)N1C[C@@H](N)[C@H](O)C1.Cl. The molecule has 2 rings (SSSR count). The summed E-state index contributed by atoms with van der Waals surface area (Å²) in [5, 5.41) is 9.87. The van der Waals surface area contributed by atoms with E-state index in [1.807, 2.05) is 0 Å². The van der Waals surface area contributed by atoms with Crippen LogP contribution in [-0.2, 0) is 10.0 Å². The van der Waals surface area contributed by atoms with Crippen molar-refractivity contribution in [2.45, 2.75) is 17.0 Å². The summed E-state index contributed by atoms with van der Waals surface area (Å²) in [6.07, 6.45) is -0.861. The molecular formula is C11H16Cl2N2O4S. The molecule has 1 aromatic rings. The molecule has 1 aliphatic rings. The molecule has 0 aliphatic carbocycles. The molecule has 20 heavy (non-hydrogen) atoms. The van der Waals surface area contributed by atoms with Crippen LogP contribution >= 0.6 is 24.0 Å². The number of ether oxygens (including phenoxy) is 1. The van der Waals surface area contributed by atoms with Gasteiger partial charge < -0.3 is 15.6 Å². The largest absolute Gasteiger partial charge is 0.495 e. The van der Waals surface area contributed by atoms with E-state index in [-0.39, 0.29) is 36.1 Å². The maximum Gasteiger partial charge on any atom is 0.246 e. The summed E-state index contributed by atoms with van der Waals surface area (Å²) in [7, 11) is -2.40. The standard InChI is InChI=1S/C11H15ClN2O4S.ClH/c1-18-10-3-2-7(12)4-11(10)19(16,17)14-5-8(13)9(15)6-14;/h2-4,8-9,15H,5-6,13H2,1H3;1H/t8-,9-;/m1./s1. The van der Waals surface area contributed by atoms with Crippen molar-refractivity contribution < 1.29 is 18.3 Å². The number of nitrogens with zero attached hydrogens (tertiary/aromatic N) is 1. The van der Waals surface area contributed by atoms with Crippen molar-refractivity contribution in [1.29, 1.82) is 0 Å². The van der Waals surface area contributed by atoms with Crippen molar-refractivity contribution in [1.82, 2.24) is 4.31 Å². The monoisotopic (exact) mass is 342 g/mol. The van der Waals surface area contributed by atoms with Crippen molar-refractivity contribution in [2.24, 2.45) is 5.73 Å². The quantitative estimate of drug-likeness (QED) is 0.832. The van der Waals surface area contributed by atoms with Crippen LogP contribution < -0.4 is 10.5 Å². The predicted molar refractivity (Wildman–Crippen MR) is 78.0 cm³/mol. The van der Waals surface area contributed by atoms with Crippen molar-refractivity contribution in [3.63, 3.8) is 0 Å². The number of β-amino-alcohol motifs (C(OH)–C–C–N with tert-alkyl or cyclic N) is 1. The third-order valence-electron chi connectivity index (χ3n) is 3.04. The average Bonchev–Trinajstić information content (AvgIpc) is 2.70. The van der Waals surface area contributed by atoms with Gasteiger partial charge in [0.1, 0.15) is 10.6 Å². The molecule has 1 saturated heterocycles. The van der Waals surface area contributed by atoms with Crippen molar-refractivity contribution in [2.75, 3.05) is 20.2 Å². The first-order chi connectivity index (χ1) is 8.86. The van der Waals surface area contributed by atoms with Gasteiger partial charge in [-0.1, -0.05) is 11.6 Å². The third-order valence-corrected chi connectivity index (χ3v) is 5.13. The van der Waals surface area contributed by atoms with Gasteiger partial charge in [0.05, 0.1) is 13.2 Å². The van der Waals surface area contributed by atoms with Crippen LogP contribution in [0.1, 0.15) is 0 Å². The number of aliphatic hydroxyl groups is 1. The third kappa shape index (κ3) is 3.19. The first kappa shape index (κ1) is 17.5. The lowest BCUT2D eigenvalue weighted by molar-refractivity contribution is 0.174. The fourth-order valence-corrected chi connectivity index (χ4v) is 3.88. The molecule has 6 nitrogen and oxygen atoms in total. The Bertz CT molecular complexity index is 572. The Balaban J connectivity index is 0.00000200. The zero-order valence-electron chi connectivity index (χ0n) is 10.7. The van der Waals surface area contributed by atoms with Gasteiger partial charge in [0.2, 0.25) is 10.0 Å². The normalized spacial score (nSPS) is 23.4. The Labute approximate surface area is 128 Å². The number of rotatable bonds is 3. The van der Waals surface area contributed by atoms with Gasteiger partial charge >= 0.3 is 0 Å². The van der Waals surface area contributed by atoms with Gasteiger partial charge in [-0.25, -0.2) is 8.42 Å². The molecule has 1 heterocycles. The molecule has 2 atom stereocenters. The van der Waals surface area contributed by atoms with Crippen LogP contribution in [0.2, 0.25) is 5.02 Å². The Morgan fingerprint density at radius 3 is 2.60 bits per heavy atom. The maximum absolute atomic E-state index is 12.5. The number of halogens is 2. The van der Waals surface area contributed by atoms with Crippen LogP contribution in [0.15, 0.2) is 23.1 Å². The van der Waals surface area contributed by atoms with Crippen LogP contribution in [0, 0.1) is 0 Å². The van der Waals surface area contributed by atoms with Crippen LogP contribution in [0.3, 0.4) is 0 Å². The molecule has 0 amide bonds. The lowest BCUT2D eigenvalue weighted by atomic mass is 10.2. The molecule has 114 valence electrons. The van der Waals surface area contributed by atoms with Gasteiger partial charge in [-0.2, -0.15) is 4.31 Å². The molecule has 0 saturated carbocycles. The Morgan fingerprint density at radius 1 is 1.45 bits per heavy atom. The first-order valence-corrected chi connectivity index (χ1v) is 7.45. The van der Waals surface area contributed by atoms with E-state index in [1.165, 1.54) is 19.2 Å². The molecule has 0 bridgehead atoms. The van der Waals surface area contributed by atoms with Crippen molar-refractivity contribution in [3.8, 4) is 5.75 Å². The second kappa shape index (κ2) is 6.46. The summed E-state index contributed by atoms with van der Waals surface area (Å²) in [5.41, 5.74) is 5.63. The van der Waals surface area contributed by atoms with Gasteiger partial charge in [-0.05, 0) is 18.2 Å². The van der Waals surface area contributed by atoms with E-state index in [2.05, 4.69) is 0 Å². The molecule has 1 fully saturated rings. The Kier molecular flexibility index (Phi) is 5.65. The van der Waals surface area contributed by atoms with Gasteiger partial charge in [0.15, 0.2) is 0 Å². The molecule has 1 aliphatic heterocycles. The Morgan fingerprint density at radius 2 is 2.10 bits per heavy atom. The fraction of sp³-hybridized carbons (Fsp3) is 0.455. The number of aliphatic hydroxyl groups excluding tert-OH is 1. The van der Waals surface area contributed by atoms with Crippen LogP contribution in [0.4, 0.5) is 0 Å². The summed E-state index contributed by atoms with van der Waals surface area (Å²) in [6.45, 7) is 0.0400. The van der Waals surface area contributed by atoms with Gasteiger partial charge in [-0.3, -0.25) is 0 Å². The average molecular weight is 343 g/mol. The summed E-state index contributed by atoms with van der Waals surface area (Å²) >= 11 is 5.83. The fourth-order valence-electron chi connectivity index (χ4n) is 1.96. The number of benzene rings is 1. The van der Waals surface area contributed by atoms with E-state index in [9.17, 15) is 13.5 Å². The molecule has 0 spiro atoms. The number of sulfonamides is 1. The first-order valence-electron chi connectivity index (χ1n) is 5.63. The van der Waals surface area contributed by atoms with Gasteiger partial charge in [0, 0.05) is 24.2 Å². The van der Waals surface area contributed by atoms with E-state index < -0.39 is 22.2 Å². The highest BCUT2D eigenvalue weighted by atomic mass is 35.5. The van der Waals surface area contributed by atoms with Crippen LogP contribution in [-0.4, -0.2) is 50.2 Å². The zero-order chi connectivity index (χ0) is 14.2. The number of hydrogen-bond acceptors (Lipinski definition) is 5. The predicted octanol–water partition coefficient (Wildman–Crippen LogP) is 0.463. The zero-order valence-corrected chi connectivity index (χ0v) is 13.1. The molecule has 9 heteroatoms. The maximum atomic E-state index is 12.5. The minimum atomic E-state index is -3.79. The summed E-state index contributed by atoms with van der Waals surface area (Å²) in [5.74, 6) is 0.208. The van der Waals surface area contributed by atoms with E-state index >= 15 is 0 Å². The highest BCUT2D eigenvalue weighted by Crippen LogP contribution is 2.31. The summed E-state index contributed by atoms with van der Waals surface area (Å²) in [4.78, 5) is -0.0243. The summed E-state index contributed by atoms with van der Waals surface area (Å²) < 4.78 is 31.1. The number of hydrogen-bond donors (Lipinski definition) is 2. The highest BCUT2D eigenvalue weighted by Gasteiger charge is 2.38. The molecule has 0 radical (unpaired) electrons. The highest BCUT2D eigenvalue weighted by molar-refractivity contribution is 7.89. The molecule has 1 aromatic carbocycles. The lowest BCUT2D eigenvalue weighted by Crippen LogP contribution is -2.33.